The van der Waals surface area contributed by atoms with Crippen molar-refractivity contribution in [3.63, 3.8) is 0 Å². The molecule has 1 N–H and O–H groups in total. The van der Waals surface area contributed by atoms with Gasteiger partial charge < -0.3 is 19.7 Å². The van der Waals surface area contributed by atoms with Crippen LogP contribution in [-0.2, 0) is 14.3 Å². The van der Waals surface area contributed by atoms with Crippen LogP contribution in [0, 0.1) is 6.92 Å². The SMILES string of the molecule is CCOC(=O)c1c(NC(=O)CN2C[C@@H](C)O[C@@H](C)C2)sc(C(=O)N(C)C)c1C. The highest BCUT2D eigenvalue weighted by atomic mass is 32.1. The molecule has 0 aliphatic carbocycles. The van der Waals surface area contributed by atoms with Gasteiger partial charge in [-0.25, -0.2) is 4.79 Å². The van der Waals surface area contributed by atoms with E-state index >= 15 is 0 Å². The first-order valence-corrected chi connectivity index (χ1v) is 10.1. The van der Waals surface area contributed by atoms with Crippen molar-refractivity contribution in [3.8, 4) is 0 Å². The maximum atomic E-state index is 12.6. The minimum atomic E-state index is -0.544. The van der Waals surface area contributed by atoms with Crippen LogP contribution in [-0.4, -0.2) is 80.1 Å². The Balaban J connectivity index is 2.22. The normalized spacial score (nSPS) is 19.9. The standard InChI is InChI=1S/C19H29N3O5S/c1-7-26-19(25)15-13(4)16(18(24)21(5)6)28-17(15)20-14(23)10-22-8-11(2)27-12(3)9-22/h11-12H,7-10H2,1-6H3,(H,20,23)/t11-,12+. The molecule has 0 unspecified atom stereocenters. The molecule has 2 atom stereocenters. The number of hydrogen-bond acceptors (Lipinski definition) is 7. The summed E-state index contributed by atoms with van der Waals surface area (Å²) in [5.41, 5.74) is 0.764. The Labute approximate surface area is 169 Å². The topological polar surface area (TPSA) is 88.2 Å². The van der Waals surface area contributed by atoms with Crippen LogP contribution in [0.15, 0.2) is 0 Å². The van der Waals surface area contributed by atoms with E-state index in [0.717, 1.165) is 11.3 Å². The van der Waals surface area contributed by atoms with E-state index in [4.69, 9.17) is 9.47 Å². The van der Waals surface area contributed by atoms with E-state index in [1.165, 1.54) is 4.90 Å². The van der Waals surface area contributed by atoms with Gasteiger partial charge in [-0.3, -0.25) is 14.5 Å². The van der Waals surface area contributed by atoms with Crippen molar-refractivity contribution < 1.29 is 23.9 Å². The van der Waals surface area contributed by atoms with Gasteiger partial charge in [0.25, 0.3) is 5.91 Å². The van der Waals surface area contributed by atoms with Gasteiger partial charge in [0.1, 0.15) is 5.00 Å². The number of carbonyl (C=O) groups excluding carboxylic acids is 3. The summed E-state index contributed by atoms with van der Waals surface area (Å²) in [4.78, 5) is 41.4. The van der Waals surface area contributed by atoms with E-state index in [9.17, 15) is 14.4 Å². The van der Waals surface area contributed by atoms with Gasteiger partial charge in [0, 0.05) is 27.2 Å². The molecule has 9 heteroatoms. The Hall–Kier alpha value is -1.97. The number of morpholine rings is 1. The van der Waals surface area contributed by atoms with E-state index in [0.29, 0.717) is 28.5 Å². The minimum absolute atomic E-state index is 0.0555. The third kappa shape index (κ3) is 5.30. The molecule has 156 valence electrons. The van der Waals surface area contributed by atoms with Crippen molar-refractivity contribution in [2.24, 2.45) is 0 Å². The molecule has 0 aromatic carbocycles. The Morgan fingerprint density at radius 2 is 1.86 bits per heavy atom. The molecular formula is C19H29N3O5S. The second-order valence-corrected chi connectivity index (χ2v) is 8.20. The van der Waals surface area contributed by atoms with E-state index in [1.807, 2.05) is 18.7 Å². The highest BCUT2D eigenvalue weighted by Crippen LogP contribution is 2.34. The molecule has 1 aliphatic rings. The van der Waals surface area contributed by atoms with Crippen LogP contribution < -0.4 is 5.32 Å². The molecule has 0 radical (unpaired) electrons. The monoisotopic (exact) mass is 411 g/mol. The fourth-order valence-electron chi connectivity index (χ4n) is 3.24. The van der Waals surface area contributed by atoms with Crippen LogP contribution in [0.4, 0.5) is 5.00 Å². The average Bonchev–Trinajstić information content (AvgIpc) is 2.89. The maximum absolute atomic E-state index is 12.6. The van der Waals surface area contributed by atoms with Crippen molar-refractivity contribution in [1.29, 1.82) is 0 Å². The Morgan fingerprint density at radius 1 is 1.25 bits per heavy atom. The predicted octanol–water partition coefficient (Wildman–Crippen LogP) is 1.98. The van der Waals surface area contributed by atoms with Crippen LogP contribution in [0.2, 0.25) is 0 Å². The van der Waals surface area contributed by atoms with Gasteiger partial charge in [0.05, 0.1) is 35.8 Å². The molecule has 1 aliphatic heterocycles. The zero-order valence-electron chi connectivity index (χ0n) is 17.3. The third-order valence-electron chi connectivity index (χ3n) is 4.34. The summed E-state index contributed by atoms with van der Waals surface area (Å²) >= 11 is 1.10. The van der Waals surface area contributed by atoms with Crippen molar-refractivity contribution in [2.75, 3.05) is 45.7 Å². The summed E-state index contributed by atoms with van der Waals surface area (Å²) in [7, 11) is 3.29. The first-order chi connectivity index (χ1) is 13.1. The number of carbonyl (C=O) groups is 3. The molecule has 2 rings (SSSR count). The number of nitrogens with one attached hydrogen (secondary N) is 1. The molecule has 1 saturated heterocycles. The number of thiophene rings is 1. The van der Waals surface area contributed by atoms with Crippen molar-refractivity contribution in [3.05, 3.63) is 16.0 Å². The zero-order chi connectivity index (χ0) is 21.0. The lowest BCUT2D eigenvalue weighted by Crippen LogP contribution is -2.48. The first kappa shape index (κ1) is 22.3. The van der Waals surface area contributed by atoms with Crippen LogP contribution >= 0.6 is 11.3 Å². The molecule has 2 heterocycles. The van der Waals surface area contributed by atoms with Crippen LogP contribution in [0.1, 0.15) is 46.4 Å². The maximum Gasteiger partial charge on any atom is 0.341 e. The van der Waals surface area contributed by atoms with Crippen molar-refractivity contribution in [1.82, 2.24) is 9.80 Å². The van der Waals surface area contributed by atoms with Crippen LogP contribution in [0.25, 0.3) is 0 Å². The summed E-state index contributed by atoms with van der Waals surface area (Å²) in [5.74, 6) is -1.00. The van der Waals surface area contributed by atoms with E-state index in [1.54, 1.807) is 27.9 Å². The number of nitrogens with zero attached hydrogens (tertiary/aromatic N) is 2. The molecule has 0 spiro atoms. The molecule has 2 amide bonds. The van der Waals surface area contributed by atoms with Gasteiger partial charge in [-0.2, -0.15) is 0 Å². The lowest BCUT2D eigenvalue weighted by molar-refractivity contribution is -0.121. The summed E-state index contributed by atoms with van der Waals surface area (Å²) in [6.07, 6.45) is 0.111. The number of anilines is 1. The van der Waals surface area contributed by atoms with Crippen molar-refractivity contribution >= 4 is 34.1 Å². The fourth-order valence-corrected chi connectivity index (χ4v) is 4.47. The van der Waals surface area contributed by atoms with E-state index in [2.05, 4.69) is 5.32 Å². The molecule has 1 fully saturated rings. The average molecular weight is 412 g/mol. The molecular weight excluding hydrogens is 382 g/mol. The van der Waals surface area contributed by atoms with Gasteiger partial charge in [-0.05, 0) is 33.3 Å². The first-order valence-electron chi connectivity index (χ1n) is 9.33. The Morgan fingerprint density at radius 3 is 2.39 bits per heavy atom. The fraction of sp³-hybridized carbons (Fsp3) is 0.632. The Kier molecular flexibility index (Phi) is 7.56. The second-order valence-electron chi connectivity index (χ2n) is 7.18. The zero-order valence-corrected chi connectivity index (χ0v) is 18.1. The molecule has 1 aromatic heterocycles. The van der Waals surface area contributed by atoms with Gasteiger partial charge in [0.2, 0.25) is 5.91 Å². The highest BCUT2D eigenvalue weighted by Gasteiger charge is 2.28. The van der Waals surface area contributed by atoms with Gasteiger partial charge in [-0.15, -0.1) is 11.3 Å². The molecule has 0 saturated carbocycles. The molecule has 0 bridgehead atoms. The van der Waals surface area contributed by atoms with E-state index < -0.39 is 5.97 Å². The lowest BCUT2D eigenvalue weighted by atomic mass is 10.1. The largest absolute Gasteiger partial charge is 0.462 e. The third-order valence-corrected chi connectivity index (χ3v) is 5.54. The number of esters is 1. The lowest BCUT2D eigenvalue weighted by Gasteiger charge is -2.34. The number of rotatable bonds is 6. The molecule has 8 nitrogen and oxygen atoms in total. The highest BCUT2D eigenvalue weighted by molar-refractivity contribution is 7.18. The van der Waals surface area contributed by atoms with Crippen LogP contribution in [0.5, 0.6) is 0 Å². The number of amides is 2. The van der Waals surface area contributed by atoms with Gasteiger partial charge in [-0.1, -0.05) is 0 Å². The second kappa shape index (κ2) is 9.49. The minimum Gasteiger partial charge on any atom is -0.462 e. The predicted molar refractivity (Wildman–Crippen MR) is 108 cm³/mol. The summed E-state index contributed by atoms with van der Waals surface area (Å²) in [6.45, 7) is 9.08. The molecule has 28 heavy (non-hydrogen) atoms. The Bertz CT molecular complexity index is 736. The quantitative estimate of drug-likeness (QED) is 0.720. The summed E-state index contributed by atoms with van der Waals surface area (Å²) < 4.78 is 10.8. The number of ether oxygens (including phenoxy) is 2. The van der Waals surface area contributed by atoms with Crippen molar-refractivity contribution in [2.45, 2.75) is 39.9 Å². The van der Waals surface area contributed by atoms with E-state index in [-0.39, 0.29) is 42.7 Å². The van der Waals surface area contributed by atoms with Gasteiger partial charge >= 0.3 is 5.97 Å². The molecule has 1 aromatic rings. The van der Waals surface area contributed by atoms with Gasteiger partial charge in [0.15, 0.2) is 0 Å². The number of hydrogen-bond donors (Lipinski definition) is 1. The summed E-state index contributed by atoms with van der Waals surface area (Å²) in [5, 5.41) is 3.16. The van der Waals surface area contributed by atoms with Crippen LogP contribution in [0.3, 0.4) is 0 Å². The smallest absolute Gasteiger partial charge is 0.341 e. The summed E-state index contributed by atoms with van der Waals surface area (Å²) in [6, 6.07) is 0.